The van der Waals surface area contributed by atoms with Gasteiger partial charge in [0.05, 0.1) is 6.04 Å². The molecule has 0 aromatic heterocycles. The van der Waals surface area contributed by atoms with Crippen molar-refractivity contribution in [3.63, 3.8) is 0 Å². The fraction of sp³-hybridized carbons (Fsp3) is 0.818. The van der Waals surface area contributed by atoms with Gasteiger partial charge in [0.2, 0.25) is 11.8 Å². The summed E-state index contributed by atoms with van der Waals surface area (Å²) in [6.07, 6.45) is 0.455. The molecule has 0 saturated carbocycles. The Kier molecular flexibility index (Phi) is 6.72. The van der Waals surface area contributed by atoms with E-state index in [9.17, 15) is 9.59 Å². The number of carbonyl (C=O) groups is 2. The molecule has 4 N–H and O–H groups in total. The normalized spacial score (nSPS) is 12.7. The first-order chi connectivity index (χ1) is 7.34. The van der Waals surface area contributed by atoms with Crippen LogP contribution in [0.1, 0.15) is 34.1 Å². The molecule has 0 aliphatic heterocycles. The number of hydrogen-bond donors (Lipinski definition) is 3. The van der Waals surface area contributed by atoms with Gasteiger partial charge in [-0.3, -0.25) is 9.59 Å². The second-order valence-corrected chi connectivity index (χ2v) is 4.50. The summed E-state index contributed by atoms with van der Waals surface area (Å²) in [4.78, 5) is 22.6. The molecule has 0 aromatic rings. The molecule has 94 valence electrons. The number of carbonyl (C=O) groups excluding carboxylic acids is 2. The van der Waals surface area contributed by atoms with Crippen molar-refractivity contribution in [3.05, 3.63) is 0 Å². The van der Waals surface area contributed by atoms with E-state index in [0.29, 0.717) is 13.0 Å². The third-order valence-corrected chi connectivity index (χ3v) is 2.05. The van der Waals surface area contributed by atoms with Gasteiger partial charge in [0.15, 0.2) is 0 Å². The Morgan fingerprint density at radius 2 is 1.69 bits per heavy atom. The molecule has 5 nitrogen and oxygen atoms in total. The molecule has 1 atom stereocenters. The van der Waals surface area contributed by atoms with Gasteiger partial charge in [-0.1, -0.05) is 13.8 Å². The van der Waals surface area contributed by atoms with Crippen molar-refractivity contribution < 1.29 is 9.59 Å². The molecule has 0 unspecified atom stereocenters. The smallest absolute Gasteiger partial charge is 0.237 e. The van der Waals surface area contributed by atoms with Crippen molar-refractivity contribution in [2.24, 2.45) is 11.7 Å². The number of rotatable bonds is 6. The van der Waals surface area contributed by atoms with Crippen LogP contribution < -0.4 is 16.4 Å². The lowest BCUT2D eigenvalue weighted by atomic mass is 10.1. The van der Waals surface area contributed by atoms with Crippen LogP contribution in [0.3, 0.4) is 0 Å². The Morgan fingerprint density at radius 1 is 1.12 bits per heavy atom. The van der Waals surface area contributed by atoms with Crippen molar-refractivity contribution in [1.29, 1.82) is 0 Å². The molecule has 0 aliphatic rings. The molecule has 0 aromatic carbocycles. The predicted molar refractivity (Wildman–Crippen MR) is 63.7 cm³/mol. The highest BCUT2D eigenvalue weighted by atomic mass is 16.2. The molecule has 0 bridgehead atoms. The third kappa shape index (κ3) is 6.40. The SMILES string of the molecule is CC(C)NC(=O)[C@@H](N)CCNC(=O)C(C)C. The summed E-state index contributed by atoms with van der Waals surface area (Å²) in [7, 11) is 0. The molecule has 2 amide bonds. The van der Waals surface area contributed by atoms with Crippen molar-refractivity contribution in [1.82, 2.24) is 10.6 Å². The molecule has 0 rings (SSSR count). The van der Waals surface area contributed by atoms with Gasteiger partial charge in [0, 0.05) is 18.5 Å². The van der Waals surface area contributed by atoms with Crippen LogP contribution in [-0.2, 0) is 9.59 Å². The van der Waals surface area contributed by atoms with Gasteiger partial charge in [0.25, 0.3) is 0 Å². The van der Waals surface area contributed by atoms with Crippen LogP contribution in [0, 0.1) is 5.92 Å². The second-order valence-electron chi connectivity index (χ2n) is 4.50. The number of nitrogens with one attached hydrogen (secondary N) is 2. The van der Waals surface area contributed by atoms with Crippen LogP contribution in [0.4, 0.5) is 0 Å². The van der Waals surface area contributed by atoms with Gasteiger partial charge >= 0.3 is 0 Å². The molecule has 0 aliphatic carbocycles. The average molecular weight is 229 g/mol. The fourth-order valence-electron chi connectivity index (χ4n) is 1.08. The number of nitrogens with two attached hydrogens (primary N) is 1. The first-order valence-corrected chi connectivity index (χ1v) is 5.68. The molecule has 0 radical (unpaired) electrons. The molecular weight excluding hydrogens is 206 g/mol. The van der Waals surface area contributed by atoms with Crippen LogP contribution >= 0.6 is 0 Å². The van der Waals surface area contributed by atoms with Crippen LogP contribution in [0.2, 0.25) is 0 Å². The molecular formula is C11H23N3O2. The van der Waals surface area contributed by atoms with Gasteiger partial charge in [-0.15, -0.1) is 0 Å². The minimum absolute atomic E-state index is 0.0172. The summed E-state index contributed by atoms with van der Waals surface area (Å²) < 4.78 is 0. The standard InChI is InChI=1S/C11H23N3O2/c1-7(2)10(15)13-6-5-9(12)11(16)14-8(3)4/h7-9H,5-6,12H2,1-4H3,(H,13,15)(H,14,16)/t9-/m0/s1. The Labute approximate surface area is 97.2 Å². The highest BCUT2D eigenvalue weighted by Gasteiger charge is 2.14. The van der Waals surface area contributed by atoms with E-state index in [4.69, 9.17) is 5.73 Å². The summed E-state index contributed by atoms with van der Waals surface area (Å²) in [5.74, 6) is -0.231. The quantitative estimate of drug-likeness (QED) is 0.599. The van der Waals surface area contributed by atoms with E-state index in [1.807, 2.05) is 27.7 Å². The van der Waals surface area contributed by atoms with Crippen molar-refractivity contribution in [3.8, 4) is 0 Å². The van der Waals surface area contributed by atoms with Gasteiger partial charge in [0.1, 0.15) is 0 Å². The molecule has 0 saturated heterocycles. The lowest BCUT2D eigenvalue weighted by molar-refractivity contribution is -0.125. The maximum Gasteiger partial charge on any atom is 0.237 e. The summed E-state index contributed by atoms with van der Waals surface area (Å²) in [5, 5.41) is 5.45. The topological polar surface area (TPSA) is 84.2 Å². The van der Waals surface area contributed by atoms with E-state index >= 15 is 0 Å². The Bertz CT molecular complexity index is 239. The zero-order valence-electron chi connectivity index (χ0n) is 10.5. The predicted octanol–water partition coefficient (Wildman–Crippen LogP) is 0.000600. The molecule has 0 spiro atoms. The Hall–Kier alpha value is -1.10. The molecule has 5 heteroatoms. The third-order valence-electron chi connectivity index (χ3n) is 2.05. The van der Waals surface area contributed by atoms with Gasteiger partial charge < -0.3 is 16.4 Å². The lowest BCUT2D eigenvalue weighted by Crippen LogP contribution is -2.45. The highest BCUT2D eigenvalue weighted by Crippen LogP contribution is 1.93. The fourth-order valence-corrected chi connectivity index (χ4v) is 1.08. The minimum Gasteiger partial charge on any atom is -0.356 e. The van der Waals surface area contributed by atoms with Crippen molar-refractivity contribution in [2.75, 3.05) is 6.54 Å². The summed E-state index contributed by atoms with van der Waals surface area (Å²) in [6.45, 7) is 7.83. The van der Waals surface area contributed by atoms with Crippen LogP contribution in [0.15, 0.2) is 0 Å². The Morgan fingerprint density at radius 3 is 2.12 bits per heavy atom. The van der Waals surface area contributed by atoms with Crippen molar-refractivity contribution in [2.45, 2.75) is 46.2 Å². The van der Waals surface area contributed by atoms with Crippen LogP contribution in [0.5, 0.6) is 0 Å². The van der Waals surface area contributed by atoms with E-state index in [1.165, 1.54) is 0 Å². The van der Waals surface area contributed by atoms with Gasteiger partial charge in [-0.25, -0.2) is 0 Å². The number of hydrogen-bond acceptors (Lipinski definition) is 3. The first-order valence-electron chi connectivity index (χ1n) is 5.68. The number of amides is 2. The Balaban J connectivity index is 3.77. The maximum absolute atomic E-state index is 11.4. The van der Waals surface area contributed by atoms with Crippen LogP contribution in [-0.4, -0.2) is 30.4 Å². The van der Waals surface area contributed by atoms with Gasteiger partial charge in [-0.2, -0.15) is 0 Å². The lowest BCUT2D eigenvalue weighted by Gasteiger charge is -2.15. The summed E-state index contributed by atoms with van der Waals surface area (Å²) >= 11 is 0. The zero-order chi connectivity index (χ0) is 12.7. The minimum atomic E-state index is -0.560. The summed E-state index contributed by atoms with van der Waals surface area (Å²) in [5.41, 5.74) is 5.66. The van der Waals surface area contributed by atoms with Gasteiger partial charge in [-0.05, 0) is 20.3 Å². The average Bonchev–Trinajstić information content (AvgIpc) is 2.15. The first kappa shape index (κ1) is 14.9. The van der Waals surface area contributed by atoms with E-state index in [-0.39, 0.29) is 23.8 Å². The van der Waals surface area contributed by atoms with E-state index in [2.05, 4.69) is 10.6 Å². The molecule has 16 heavy (non-hydrogen) atoms. The van der Waals surface area contributed by atoms with E-state index in [0.717, 1.165) is 0 Å². The molecule has 0 heterocycles. The van der Waals surface area contributed by atoms with E-state index in [1.54, 1.807) is 0 Å². The van der Waals surface area contributed by atoms with Crippen molar-refractivity contribution >= 4 is 11.8 Å². The second kappa shape index (κ2) is 7.22. The van der Waals surface area contributed by atoms with E-state index < -0.39 is 6.04 Å². The zero-order valence-corrected chi connectivity index (χ0v) is 10.5. The molecule has 0 fully saturated rings. The monoisotopic (exact) mass is 229 g/mol. The summed E-state index contributed by atoms with van der Waals surface area (Å²) in [6, 6.07) is -0.473. The maximum atomic E-state index is 11.4. The van der Waals surface area contributed by atoms with Crippen LogP contribution in [0.25, 0.3) is 0 Å². The largest absolute Gasteiger partial charge is 0.356 e. The highest BCUT2D eigenvalue weighted by molar-refractivity contribution is 5.82.